The van der Waals surface area contributed by atoms with Crippen LogP contribution in [0.25, 0.3) is 11.0 Å². The van der Waals surface area contributed by atoms with E-state index >= 15 is 0 Å². The summed E-state index contributed by atoms with van der Waals surface area (Å²) in [6.45, 7) is 4.16. The molecule has 1 aliphatic rings. The molecule has 0 fully saturated rings. The molecule has 1 aromatic carbocycles. The number of hydrogen-bond acceptors (Lipinski definition) is 3. The van der Waals surface area contributed by atoms with Gasteiger partial charge >= 0.3 is 0 Å². The summed E-state index contributed by atoms with van der Waals surface area (Å²) in [5.41, 5.74) is 4.83. The molecule has 0 radical (unpaired) electrons. The smallest absolute Gasteiger partial charge is 0.176 e. The number of methoxy groups -OCH3 is 1. The number of ether oxygens (including phenoxy) is 1. The molecule has 3 rings (SSSR count). The molecule has 1 unspecified atom stereocenters. The van der Waals surface area contributed by atoms with Crippen molar-refractivity contribution in [2.45, 2.75) is 39.0 Å². The zero-order valence-corrected chi connectivity index (χ0v) is 11.6. The highest BCUT2D eigenvalue weighted by atomic mass is 16.5. The number of aldehydes is 1. The number of furan rings is 1. The van der Waals surface area contributed by atoms with Crippen molar-refractivity contribution in [1.29, 1.82) is 0 Å². The van der Waals surface area contributed by atoms with Crippen molar-refractivity contribution in [2.24, 2.45) is 0 Å². The molecule has 19 heavy (non-hydrogen) atoms. The Morgan fingerprint density at radius 1 is 1.47 bits per heavy atom. The highest BCUT2D eigenvalue weighted by molar-refractivity contribution is 6.03. The van der Waals surface area contributed by atoms with E-state index in [-0.39, 0.29) is 0 Å². The zero-order valence-electron chi connectivity index (χ0n) is 11.6. The van der Waals surface area contributed by atoms with Gasteiger partial charge < -0.3 is 9.15 Å². The van der Waals surface area contributed by atoms with Crippen LogP contribution in [0, 0.1) is 6.92 Å². The Balaban J connectivity index is 2.50. The van der Waals surface area contributed by atoms with Gasteiger partial charge in [-0.25, -0.2) is 0 Å². The zero-order chi connectivity index (χ0) is 13.6. The average Bonchev–Trinajstić information content (AvgIpc) is 2.79. The number of benzene rings is 1. The van der Waals surface area contributed by atoms with E-state index in [1.165, 1.54) is 0 Å². The van der Waals surface area contributed by atoms with Gasteiger partial charge in [-0.2, -0.15) is 0 Å². The summed E-state index contributed by atoms with van der Waals surface area (Å²) in [7, 11) is 1.67. The van der Waals surface area contributed by atoms with E-state index in [0.29, 0.717) is 5.92 Å². The topological polar surface area (TPSA) is 39.4 Å². The Kier molecular flexibility index (Phi) is 2.85. The first-order valence-electron chi connectivity index (χ1n) is 6.74. The quantitative estimate of drug-likeness (QED) is 0.764. The first-order valence-corrected chi connectivity index (χ1v) is 6.74. The van der Waals surface area contributed by atoms with Gasteiger partial charge in [0.25, 0.3) is 0 Å². The highest BCUT2D eigenvalue weighted by Gasteiger charge is 2.28. The van der Waals surface area contributed by atoms with E-state index in [2.05, 4.69) is 6.92 Å². The summed E-state index contributed by atoms with van der Waals surface area (Å²) in [5, 5.41) is 0.916. The van der Waals surface area contributed by atoms with Gasteiger partial charge in [-0.05, 0) is 43.2 Å². The van der Waals surface area contributed by atoms with Crippen LogP contribution in [0.3, 0.4) is 0 Å². The summed E-state index contributed by atoms with van der Waals surface area (Å²) >= 11 is 0. The number of hydrogen-bond donors (Lipinski definition) is 0. The van der Waals surface area contributed by atoms with Crippen LogP contribution in [0.15, 0.2) is 10.7 Å². The molecule has 0 amide bonds. The normalized spacial score (nSPS) is 18.4. The van der Waals surface area contributed by atoms with Crippen LogP contribution in [0.4, 0.5) is 0 Å². The fourth-order valence-electron chi connectivity index (χ4n) is 3.38. The summed E-state index contributed by atoms with van der Waals surface area (Å²) in [6, 6.07) is 0. The van der Waals surface area contributed by atoms with Gasteiger partial charge in [-0.3, -0.25) is 4.79 Å². The standard InChI is InChI=1S/C16H18O3/c1-9-5-4-6-11-13(9)12(7-17)14-10(2)8-19-16(14)15(11)18-3/h7-9H,4-6H2,1-3H3. The third-order valence-electron chi connectivity index (χ3n) is 4.22. The molecule has 0 saturated heterocycles. The van der Waals surface area contributed by atoms with Crippen LogP contribution in [0.1, 0.15) is 52.7 Å². The Morgan fingerprint density at radius 2 is 2.26 bits per heavy atom. The van der Waals surface area contributed by atoms with Gasteiger partial charge in [-0.15, -0.1) is 0 Å². The minimum absolute atomic E-state index is 0.400. The molecule has 1 heterocycles. The van der Waals surface area contributed by atoms with Crippen LogP contribution >= 0.6 is 0 Å². The van der Waals surface area contributed by atoms with Crippen LogP contribution in [-0.2, 0) is 6.42 Å². The lowest BCUT2D eigenvalue weighted by Crippen LogP contribution is -2.12. The van der Waals surface area contributed by atoms with Crippen molar-refractivity contribution < 1.29 is 13.9 Å². The second kappa shape index (κ2) is 4.41. The second-order valence-electron chi connectivity index (χ2n) is 5.37. The molecule has 0 saturated carbocycles. The number of carbonyl (C=O) groups excluding carboxylic acids is 1. The van der Waals surface area contributed by atoms with Gasteiger partial charge in [0, 0.05) is 16.5 Å². The third-order valence-corrected chi connectivity index (χ3v) is 4.22. The third kappa shape index (κ3) is 1.61. The lowest BCUT2D eigenvalue weighted by Gasteiger charge is -2.26. The van der Waals surface area contributed by atoms with Crippen LogP contribution in [0.5, 0.6) is 5.75 Å². The second-order valence-corrected chi connectivity index (χ2v) is 5.37. The number of aryl methyl sites for hydroxylation is 1. The van der Waals surface area contributed by atoms with E-state index < -0.39 is 0 Å². The molecule has 0 aliphatic heterocycles. The molecule has 3 nitrogen and oxygen atoms in total. The maximum atomic E-state index is 11.6. The summed E-state index contributed by atoms with van der Waals surface area (Å²) in [4.78, 5) is 11.6. The van der Waals surface area contributed by atoms with Crippen LogP contribution in [0.2, 0.25) is 0 Å². The van der Waals surface area contributed by atoms with Crippen molar-refractivity contribution in [3.05, 3.63) is 28.5 Å². The SMILES string of the molecule is COc1c2c(c(C=O)c3c(C)coc13)C(C)CCC2. The molecule has 0 spiro atoms. The van der Waals surface area contributed by atoms with E-state index in [0.717, 1.165) is 64.5 Å². The molecule has 3 heteroatoms. The van der Waals surface area contributed by atoms with Crippen molar-refractivity contribution in [3.63, 3.8) is 0 Å². The van der Waals surface area contributed by atoms with Gasteiger partial charge in [0.05, 0.1) is 13.4 Å². The predicted octanol–water partition coefficient (Wildman–Crippen LogP) is 4.00. The van der Waals surface area contributed by atoms with Crippen molar-refractivity contribution in [1.82, 2.24) is 0 Å². The van der Waals surface area contributed by atoms with E-state index in [1.54, 1.807) is 13.4 Å². The minimum atomic E-state index is 0.400. The lowest BCUT2D eigenvalue weighted by molar-refractivity contribution is 0.112. The van der Waals surface area contributed by atoms with Gasteiger partial charge in [0.2, 0.25) is 0 Å². The summed E-state index contributed by atoms with van der Waals surface area (Å²) in [5.74, 6) is 1.21. The Labute approximate surface area is 112 Å². The number of carbonyl (C=O) groups is 1. The first kappa shape index (κ1) is 12.3. The maximum absolute atomic E-state index is 11.6. The number of fused-ring (bicyclic) bond motifs is 2. The van der Waals surface area contributed by atoms with Gasteiger partial charge in [0.1, 0.15) is 0 Å². The summed E-state index contributed by atoms with van der Waals surface area (Å²) in [6.07, 6.45) is 5.90. The van der Waals surface area contributed by atoms with Gasteiger partial charge in [-0.1, -0.05) is 6.92 Å². The maximum Gasteiger partial charge on any atom is 0.176 e. The van der Waals surface area contributed by atoms with Crippen molar-refractivity contribution >= 4 is 17.3 Å². The Hall–Kier alpha value is -1.77. The molecule has 0 N–H and O–H groups in total. The largest absolute Gasteiger partial charge is 0.493 e. The number of rotatable bonds is 2. The monoisotopic (exact) mass is 258 g/mol. The summed E-state index contributed by atoms with van der Waals surface area (Å²) < 4.78 is 11.2. The van der Waals surface area contributed by atoms with E-state index in [4.69, 9.17) is 9.15 Å². The average molecular weight is 258 g/mol. The van der Waals surface area contributed by atoms with Crippen molar-refractivity contribution in [3.8, 4) is 5.75 Å². The fourth-order valence-corrected chi connectivity index (χ4v) is 3.38. The van der Waals surface area contributed by atoms with Crippen LogP contribution < -0.4 is 4.74 Å². The molecule has 2 aromatic rings. The molecule has 100 valence electrons. The fraction of sp³-hybridized carbons (Fsp3) is 0.438. The van der Waals surface area contributed by atoms with E-state index in [1.807, 2.05) is 6.92 Å². The molecule has 1 aliphatic carbocycles. The van der Waals surface area contributed by atoms with E-state index in [9.17, 15) is 4.79 Å². The minimum Gasteiger partial charge on any atom is -0.493 e. The molecular weight excluding hydrogens is 240 g/mol. The molecule has 0 bridgehead atoms. The lowest BCUT2D eigenvalue weighted by atomic mass is 9.79. The predicted molar refractivity (Wildman–Crippen MR) is 74.2 cm³/mol. The Bertz CT molecular complexity index is 652. The molecule has 1 atom stereocenters. The van der Waals surface area contributed by atoms with Crippen molar-refractivity contribution in [2.75, 3.05) is 7.11 Å². The Morgan fingerprint density at radius 3 is 2.95 bits per heavy atom. The molecular formula is C16H18O3. The highest BCUT2D eigenvalue weighted by Crippen LogP contribution is 2.45. The van der Waals surface area contributed by atoms with Gasteiger partial charge in [0.15, 0.2) is 17.6 Å². The molecule has 1 aromatic heterocycles. The first-order chi connectivity index (χ1) is 9.19. The van der Waals surface area contributed by atoms with Crippen LogP contribution in [-0.4, -0.2) is 13.4 Å².